The largest absolute Gasteiger partial charge is 0.106 e. The summed E-state index contributed by atoms with van der Waals surface area (Å²) in [5.41, 5.74) is 4.98. The van der Waals surface area contributed by atoms with E-state index in [4.69, 9.17) is 0 Å². The van der Waals surface area contributed by atoms with Crippen LogP contribution in [-0.4, -0.2) is 18.5 Å². The first kappa shape index (κ1) is 18.0. The maximum Gasteiger partial charge on any atom is 0.00746 e. The Morgan fingerprint density at radius 3 is 1.85 bits per heavy atom. The van der Waals surface area contributed by atoms with Crippen LogP contribution < -0.4 is 0 Å². The lowest BCUT2D eigenvalue weighted by atomic mass is 9.82. The molecule has 0 nitrogen and oxygen atoms in total. The van der Waals surface area contributed by atoms with Crippen molar-refractivity contribution in [3.63, 3.8) is 0 Å². The molecule has 116 valence electrons. The Labute approximate surface area is 128 Å². The molecule has 0 aliphatic heterocycles. The average Bonchev–Trinajstić information content (AvgIpc) is 2.50. The normalized spacial score (nSPS) is 23.4. The molecule has 0 radical (unpaired) electrons. The van der Waals surface area contributed by atoms with Gasteiger partial charge in [-0.1, -0.05) is 51.8 Å². The van der Waals surface area contributed by atoms with E-state index in [1.165, 1.54) is 36.1 Å². The van der Waals surface area contributed by atoms with E-state index < -0.39 is 0 Å². The van der Waals surface area contributed by atoms with Gasteiger partial charge in [0.15, 0.2) is 0 Å². The minimum atomic E-state index is 0.213. The summed E-state index contributed by atoms with van der Waals surface area (Å²) in [4.78, 5) is 0. The molecule has 0 aromatic heterocycles. The molecule has 0 spiro atoms. The second-order valence-corrected chi connectivity index (χ2v) is 10.3. The highest BCUT2D eigenvalue weighted by molar-refractivity contribution is 7.57. The minimum Gasteiger partial charge on any atom is -0.106 e. The first-order chi connectivity index (χ1) is 9.15. The van der Waals surface area contributed by atoms with Crippen LogP contribution in [-0.2, 0) is 0 Å². The van der Waals surface area contributed by atoms with Crippen LogP contribution in [0, 0.1) is 17.3 Å². The molecule has 1 aliphatic rings. The summed E-state index contributed by atoms with van der Waals surface area (Å²) in [7, 11) is 0.213. The van der Waals surface area contributed by atoms with E-state index in [0.29, 0.717) is 5.41 Å². The van der Waals surface area contributed by atoms with Crippen LogP contribution >= 0.6 is 7.92 Å². The van der Waals surface area contributed by atoms with Crippen molar-refractivity contribution < 1.29 is 0 Å². The van der Waals surface area contributed by atoms with Gasteiger partial charge < -0.3 is 0 Å². The van der Waals surface area contributed by atoms with Crippen molar-refractivity contribution in [2.45, 2.75) is 61.8 Å². The Kier molecular flexibility index (Phi) is 6.52. The van der Waals surface area contributed by atoms with Crippen molar-refractivity contribution in [1.29, 1.82) is 0 Å². The number of hydrogen-bond donors (Lipinski definition) is 0. The van der Waals surface area contributed by atoms with Gasteiger partial charge >= 0.3 is 0 Å². The lowest BCUT2D eigenvalue weighted by Crippen LogP contribution is -2.16. The summed E-state index contributed by atoms with van der Waals surface area (Å²) >= 11 is 0. The van der Waals surface area contributed by atoms with Crippen LogP contribution in [0.4, 0.5) is 0 Å². The van der Waals surface area contributed by atoms with E-state index in [2.05, 4.69) is 61.5 Å². The molecule has 1 unspecified atom stereocenters. The maximum absolute atomic E-state index is 2.52. The molecule has 1 rings (SSSR count). The molecule has 1 aliphatic carbocycles. The fourth-order valence-corrected chi connectivity index (χ4v) is 6.72. The third-order valence-corrected chi connectivity index (χ3v) is 8.09. The lowest BCUT2D eigenvalue weighted by Gasteiger charge is -2.29. The van der Waals surface area contributed by atoms with Gasteiger partial charge in [-0.05, 0) is 63.1 Å². The van der Waals surface area contributed by atoms with Gasteiger partial charge in [0.25, 0.3) is 0 Å². The smallest absolute Gasteiger partial charge is 0.00746 e. The van der Waals surface area contributed by atoms with E-state index in [-0.39, 0.29) is 7.92 Å². The van der Waals surface area contributed by atoms with Gasteiger partial charge in [-0.25, -0.2) is 0 Å². The molecule has 0 aromatic carbocycles. The van der Waals surface area contributed by atoms with Crippen LogP contribution in [0.25, 0.3) is 0 Å². The molecular formula is C19H35P. The maximum atomic E-state index is 2.52. The molecule has 0 aromatic rings. The Morgan fingerprint density at radius 2 is 1.50 bits per heavy atom. The van der Waals surface area contributed by atoms with Gasteiger partial charge in [0.2, 0.25) is 0 Å². The standard InChI is InChI=1S/C19H35P/c1-14(2)12-20(13-15(3)4)10-9-19(8)11-16(5)17(6)18(19)7/h11,14-15H,9-10,12-13H2,1-8H3. The van der Waals surface area contributed by atoms with Crippen molar-refractivity contribution in [1.82, 2.24) is 0 Å². The number of rotatable bonds is 7. The summed E-state index contributed by atoms with van der Waals surface area (Å²) in [5.74, 6) is 1.71. The van der Waals surface area contributed by atoms with Gasteiger partial charge in [0.1, 0.15) is 0 Å². The van der Waals surface area contributed by atoms with E-state index in [1.807, 2.05) is 0 Å². The molecule has 1 heteroatoms. The molecular weight excluding hydrogens is 259 g/mol. The monoisotopic (exact) mass is 294 g/mol. The average molecular weight is 294 g/mol. The molecule has 1 atom stereocenters. The lowest BCUT2D eigenvalue weighted by molar-refractivity contribution is 0.502. The van der Waals surface area contributed by atoms with Crippen LogP contribution in [0.1, 0.15) is 61.8 Å². The summed E-state index contributed by atoms with van der Waals surface area (Å²) in [6.45, 7) is 18.9. The van der Waals surface area contributed by atoms with Gasteiger partial charge in [-0.15, -0.1) is 7.92 Å². The zero-order valence-corrected chi connectivity index (χ0v) is 15.9. The molecule has 20 heavy (non-hydrogen) atoms. The fourth-order valence-electron chi connectivity index (χ4n) is 3.36. The molecule has 0 saturated carbocycles. The third-order valence-electron chi connectivity index (χ3n) is 4.74. The molecule has 0 fully saturated rings. The highest BCUT2D eigenvalue weighted by Gasteiger charge is 2.31. The van der Waals surface area contributed by atoms with E-state index >= 15 is 0 Å². The molecule has 0 N–H and O–H groups in total. The van der Waals surface area contributed by atoms with Crippen LogP contribution in [0.3, 0.4) is 0 Å². The van der Waals surface area contributed by atoms with Gasteiger partial charge in [-0.3, -0.25) is 0 Å². The zero-order chi connectivity index (χ0) is 15.5. The first-order valence-corrected chi connectivity index (χ1v) is 10.2. The zero-order valence-electron chi connectivity index (χ0n) is 15.0. The van der Waals surface area contributed by atoms with Crippen LogP contribution in [0.15, 0.2) is 22.8 Å². The van der Waals surface area contributed by atoms with E-state index in [1.54, 1.807) is 5.57 Å². The molecule has 0 heterocycles. The minimum absolute atomic E-state index is 0.213. The molecule has 0 saturated heterocycles. The van der Waals surface area contributed by atoms with Crippen molar-refractivity contribution in [3.8, 4) is 0 Å². The highest BCUT2D eigenvalue weighted by Crippen LogP contribution is 2.48. The Balaban J connectivity index is 2.68. The van der Waals surface area contributed by atoms with Crippen molar-refractivity contribution in [2.24, 2.45) is 17.3 Å². The summed E-state index contributed by atoms with van der Waals surface area (Å²) in [6.07, 6.45) is 8.22. The number of allylic oxidation sites excluding steroid dienone is 4. The topological polar surface area (TPSA) is 0 Å². The summed E-state index contributed by atoms with van der Waals surface area (Å²) < 4.78 is 0. The highest BCUT2D eigenvalue weighted by atomic mass is 31.1. The van der Waals surface area contributed by atoms with Crippen molar-refractivity contribution >= 4 is 7.92 Å². The van der Waals surface area contributed by atoms with Gasteiger partial charge in [-0.2, -0.15) is 0 Å². The Bertz CT molecular complexity index is 377. The number of hydrogen-bond acceptors (Lipinski definition) is 0. The summed E-state index contributed by atoms with van der Waals surface area (Å²) in [5, 5.41) is 0. The first-order valence-electron chi connectivity index (χ1n) is 8.26. The Morgan fingerprint density at radius 1 is 1.00 bits per heavy atom. The second-order valence-electron chi connectivity index (χ2n) is 7.79. The van der Waals surface area contributed by atoms with Gasteiger partial charge in [0, 0.05) is 5.41 Å². The molecule has 0 bridgehead atoms. The second kappa shape index (κ2) is 7.26. The van der Waals surface area contributed by atoms with Crippen LogP contribution in [0.2, 0.25) is 0 Å². The van der Waals surface area contributed by atoms with Gasteiger partial charge in [0.05, 0.1) is 0 Å². The Hall–Kier alpha value is -0.0900. The predicted molar refractivity (Wildman–Crippen MR) is 96.1 cm³/mol. The quantitative estimate of drug-likeness (QED) is 0.472. The van der Waals surface area contributed by atoms with E-state index in [9.17, 15) is 0 Å². The fraction of sp³-hybridized carbons (Fsp3) is 0.789. The van der Waals surface area contributed by atoms with Crippen LogP contribution in [0.5, 0.6) is 0 Å². The summed E-state index contributed by atoms with van der Waals surface area (Å²) in [6, 6.07) is 0. The predicted octanol–water partition coefficient (Wildman–Crippen LogP) is 6.47. The molecule has 0 amide bonds. The van der Waals surface area contributed by atoms with Crippen molar-refractivity contribution in [3.05, 3.63) is 22.8 Å². The van der Waals surface area contributed by atoms with Crippen molar-refractivity contribution in [2.75, 3.05) is 18.5 Å². The SMILES string of the molecule is CC1=CC(C)(CCP(CC(C)C)CC(C)C)C(C)=C1C. The van der Waals surface area contributed by atoms with E-state index in [0.717, 1.165) is 11.8 Å². The third kappa shape index (κ3) is 4.73.